The SMILES string of the molecule is O=C(NC[C@]12COC[C@H]1CN(c1ncc(F)cn1)C2)c1cccnc1.O=C(O)C(F)(F)F. The number of nitrogens with zero attached hydrogens (tertiary/aromatic N) is 4. The van der Waals surface area contributed by atoms with Crippen LogP contribution in [0.3, 0.4) is 0 Å². The molecule has 0 radical (unpaired) electrons. The molecule has 2 aliphatic rings. The number of aromatic nitrogens is 3. The second kappa shape index (κ2) is 9.42. The molecule has 2 aromatic rings. The number of carbonyl (C=O) groups is 2. The molecule has 2 aliphatic heterocycles. The van der Waals surface area contributed by atoms with Crippen molar-refractivity contribution >= 4 is 17.8 Å². The van der Waals surface area contributed by atoms with Crippen LogP contribution in [-0.2, 0) is 9.53 Å². The molecule has 2 saturated heterocycles. The summed E-state index contributed by atoms with van der Waals surface area (Å²) in [6.07, 6.45) is 0.435. The molecule has 2 fully saturated rings. The van der Waals surface area contributed by atoms with Gasteiger partial charge in [0.25, 0.3) is 5.91 Å². The summed E-state index contributed by atoms with van der Waals surface area (Å²) in [7, 11) is 0. The van der Waals surface area contributed by atoms with E-state index in [2.05, 4.69) is 20.3 Å². The van der Waals surface area contributed by atoms with Crippen LogP contribution in [0.1, 0.15) is 10.4 Å². The Morgan fingerprint density at radius 1 is 1.28 bits per heavy atom. The monoisotopic (exact) mass is 457 g/mol. The number of halogens is 4. The van der Waals surface area contributed by atoms with Gasteiger partial charge in [-0.15, -0.1) is 0 Å². The minimum absolute atomic E-state index is 0.149. The Morgan fingerprint density at radius 2 is 1.97 bits per heavy atom. The Kier molecular flexibility index (Phi) is 6.87. The van der Waals surface area contributed by atoms with Gasteiger partial charge in [-0.05, 0) is 12.1 Å². The fourth-order valence-electron chi connectivity index (χ4n) is 3.56. The lowest BCUT2D eigenvalue weighted by molar-refractivity contribution is -0.192. The number of carboxylic acid groups (broad SMARTS) is 1. The minimum Gasteiger partial charge on any atom is -0.475 e. The van der Waals surface area contributed by atoms with Gasteiger partial charge in [0.15, 0.2) is 5.82 Å². The zero-order valence-corrected chi connectivity index (χ0v) is 16.5. The summed E-state index contributed by atoms with van der Waals surface area (Å²) < 4.78 is 50.4. The van der Waals surface area contributed by atoms with Crippen LogP contribution in [0.2, 0.25) is 0 Å². The third-order valence-corrected chi connectivity index (χ3v) is 5.18. The van der Waals surface area contributed by atoms with Crippen LogP contribution in [0.15, 0.2) is 36.9 Å². The van der Waals surface area contributed by atoms with Crippen molar-refractivity contribution < 1.29 is 37.0 Å². The van der Waals surface area contributed by atoms with E-state index in [0.29, 0.717) is 37.8 Å². The number of ether oxygens (including phenoxy) is 1. The third kappa shape index (κ3) is 5.46. The third-order valence-electron chi connectivity index (χ3n) is 5.18. The standard InChI is InChI=1S/C17H18FN5O2.C2HF3O2/c18-14-5-20-16(21-6-14)23-7-13-8-25-11-17(13,10-23)9-22-15(24)12-2-1-3-19-4-12;3-2(4,5)1(6)7/h1-6,13H,7-11H2,(H,22,24);(H,6,7)/t13-,17+;/m1./s1. The molecule has 2 aromatic heterocycles. The Morgan fingerprint density at radius 3 is 2.56 bits per heavy atom. The van der Waals surface area contributed by atoms with Gasteiger partial charge in [0.1, 0.15) is 0 Å². The number of aliphatic carboxylic acids is 1. The van der Waals surface area contributed by atoms with Gasteiger partial charge in [0, 0.05) is 43.4 Å². The number of amides is 1. The molecule has 4 rings (SSSR count). The first kappa shape index (κ1) is 23.3. The van der Waals surface area contributed by atoms with Gasteiger partial charge in [0.2, 0.25) is 5.95 Å². The summed E-state index contributed by atoms with van der Waals surface area (Å²) in [5.41, 5.74) is 0.349. The van der Waals surface area contributed by atoms with Gasteiger partial charge in [-0.1, -0.05) is 0 Å². The number of carbonyl (C=O) groups excluding carboxylic acids is 1. The number of anilines is 1. The molecular formula is C19H19F4N5O4. The summed E-state index contributed by atoms with van der Waals surface area (Å²) >= 11 is 0. The molecule has 1 amide bonds. The van der Waals surface area contributed by atoms with Crippen molar-refractivity contribution in [1.29, 1.82) is 0 Å². The molecule has 32 heavy (non-hydrogen) atoms. The Labute approximate surface area is 179 Å². The van der Waals surface area contributed by atoms with Crippen LogP contribution in [0.5, 0.6) is 0 Å². The average molecular weight is 457 g/mol. The van der Waals surface area contributed by atoms with Crippen molar-refractivity contribution in [3.05, 3.63) is 48.3 Å². The highest BCUT2D eigenvalue weighted by atomic mass is 19.4. The maximum Gasteiger partial charge on any atom is 0.490 e. The van der Waals surface area contributed by atoms with Crippen molar-refractivity contribution in [2.24, 2.45) is 11.3 Å². The molecule has 13 heteroatoms. The van der Waals surface area contributed by atoms with Crippen LogP contribution in [0.25, 0.3) is 0 Å². The summed E-state index contributed by atoms with van der Waals surface area (Å²) in [6, 6.07) is 3.47. The van der Waals surface area contributed by atoms with Gasteiger partial charge in [-0.3, -0.25) is 9.78 Å². The van der Waals surface area contributed by atoms with Crippen LogP contribution >= 0.6 is 0 Å². The number of nitrogens with one attached hydrogen (secondary N) is 1. The summed E-state index contributed by atoms with van der Waals surface area (Å²) in [5.74, 6) is -2.58. The van der Waals surface area contributed by atoms with Gasteiger partial charge in [-0.2, -0.15) is 13.2 Å². The highest BCUT2D eigenvalue weighted by Gasteiger charge is 2.51. The smallest absolute Gasteiger partial charge is 0.475 e. The molecule has 0 unspecified atom stereocenters. The van der Waals surface area contributed by atoms with Crippen molar-refractivity contribution in [2.45, 2.75) is 6.18 Å². The summed E-state index contributed by atoms with van der Waals surface area (Å²) in [4.78, 5) is 35.3. The van der Waals surface area contributed by atoms with E-state index >= 15 is 0 Å². The molecule has 2 N–H and O–H groups in total. The average Bonchev–Trinajstić information content (AvgIpc) is 3.30. The van der Waals surface area contributed by atoms with Crippen molar-refractivity contribution in [1.82, 2.24) is 20.3 Å². The Bertz CT molecular complexity index is 945. The zero-order chi connectivity index (χ0) is 23.4. The lowest BCUT2D eigenvalue weighted by Gasteiger charge is -2.27. The quantitative estimate of drug-likeness (QED) is 0.664. The van der Waals surface area contributed by atoms with Gasteiger partial charge >= 0.3 is 12.1 Å². The molecule has 0 spiro atoms. The normalized spacial score (nSPS) is 22.0. The molecule has 0 saturated carbocycles. The zero-order valence-electron chi connectivity index (χ0n) is 16.5. The van der Waals surface area contributed by atoms with Crippen molar-refractivity contribution in [3.8, 4) is 0 Å². The predicted octanol–water partition coefficient (Wildman–Crippen LogP) is 1.53. The first-order valence-corrected chi connectivity index (χ1v) is 9.39. The van der Waals surface area contributed by atoms with E-state index in [4.69, 9.17) is 14.6 Å². The fourth-order valence-corrected chi connectivity index (χ4v) is 3.56. The molecule has 0 bridgehead atoms. The van der Waals surface area contributed by atoms with Crippen LogP contribution < -0.4 is 10.2 Å². The molecular weight excluding hydrogens is 438 g/mol. The lowest BCUT2D eigenvalue weighted by atomic mass is 9.81. The van der Waals surface area contributed by atoms with Crippen LogP contribution in [0.4, 0.5) is 23.5 Å². The summed E-state index contributed by atoms with van der Waals surface area (Å²) in [6.45, 7) is 3.11. The first-order chi connectivity index (χ1) is 15.1. The highest BCUT2D eigenvalue weighted by molar-refractivity contribution is 5.93. The number of alkyl halides is 3. The Balaban J connectivity index is 0.000000360. The number of carboxylic acids is 1. The minimum atomic E-state index is -5.08. The molecule has 4 heterocycles. The molecule has 172 valence electrons. The number of fused-ring (bicyclic) bond motifs is 1. The number of pyridine rings is 1. The van der Waals surface area contributed by atoms with Crippen molar-refractivity contribution in [3.63, 3.8) is 0 Å². The second-order valence-electron chi connectivity index (χ2n) is 7.38. The number of rotatable bonds is 4. The first-order valence-electron chi connectivity index (χ1n) is 9.39. The maximum absolute atomic E-state index is 13.0. The van der Waals surface area contributed by atoms with E-state index in [1.165, 1.54) is 12.4 Å². The van der Waals surface area contributed by atoms with Crippen molar-refractivity contribution in [2.75, 3.05) is 37.7 Å². The van der Waals surface area contributed by atoms with Gasteiger partial charge in [-0.25, -0.2) is 19.2 Å². The number of hydrogen-bond donors (Lipinski definition) is 2. The summed E-state index contributed by atoms with van der Waals surface area (Å²) in [5, 5.41) is 10.1. The molecule has 0 aliphatic carbocycles. The lowest BCUT2D eigenvalue weighted by Crippen LogP contribution is -2.43. The Hall–Kier alpha value is -3.35. The topological polar surface area (TPSA) is 118 Å². The van der Waals surface area contributed by atoms with E-state index in [-0.39, 0.29) is 17.2 Å². The molecule has 9 nitrogen and oxygen atoms in total. The van der Waals surface area contributed by atoms with E-state index in [0.717, 1.165) is 6.54 Å². The predicted molar refractivity (Wildman–Crippen MR) is 101 cm³/mol. The largest absolute Gasteiger partial charge is 0.490 e. The number of hydrogen-bond acceptors (Lipinski definition) is 7. The molecule has 2 atom stereocenters. The van der Waals surface area contributed by atoms with Crippen LogP contribution in [0, 0.1) is 17.2 Å². The van der Waals surface area contributed by atoms with E-state index in [9.17, 15) is 22.4 Å². The fraction of sp³-hybridized carbons (Fsp3) is 0.421. The molecule has 0 aromatic carbocycles. The maximum atomic E-state index is 13.0. The van der Waals surface area contributed by atoms with Gasteiger partial charge < -0.3 is 20.1 Å². The van der Waals surface area contributed by atoms with Crippen LogP contribution in [-0.4, -0.2) is 71.0 Å². The van der Waals surface area contributed by atoms with Gasteiger partial charge in [0.05, 0.1) is 31.2 Å². The van der Waals surface area contributed by atoms with E-state index < -0.39 is 18.0 Å². The van der Waals surface area contributed by atoms with E-state index in [1.54, 1.807) is 24.5 Å². The highest BCUT2D eigenvalue weighted by Crippen LogP contribution is 2.41. The van der Waals surface area contributed by atoms with E-state index in [1.807, 2.05) is 4.90 Å². The second-order valence-corrected chi connectivity index (χ2v) is 7.38.